The molecule has 2 aromatic carbocycles. The standard InChI is InChI=1S/C18H17N5O2S/c1-19-16(24)14-3-2-4-15(9-14)22-17(25)13-7-5-12(6-8-13)10-26-18-20-11-21-23-18/h2-9,11H,10H2,1H3,(H,19,24)(H,22,25)(H,20,21,23). The van der Waals surface area contributed by atoms with Crippen LogP contribution in [-0.2, 0) is 5.75 Å². The maximum absolute atomic E-state index is 12.4. The van der Waals surface area contributed by atoms with Gasteiger partial charge in [-0.1, -0.05) is 30.0 Å². The molecule has 2 amide bonds. The van der Waals surface area contributed by atoms with Gasteiger partial charge in [-0.2, -0.15) is 5.10 Å². The fourth-order valence-electron chi connectivity index (χ4n) is 2.25. The van der Waals surface area contributed by atoms with Gasteiger partial charge in [0.05, 0.1) is 0 Å². The summed E-state index contributed by atoms with van der Waals surface area (Å²) in [5.74, 6) is 0.300. The van der Waals surface area contributed by atoms with Crippen molar-refractivity contribution in [2.24, 2.45) is 0 Å². The average molecular weight is 367 g/mol. The van der Waals surface area contributed by atoms with E-state index in [-0.39, 0.29) is 11.8 Å². The van der Waals surface area contributed by atoms with Gasteiger partial charge in [-0.15, -0.1) is 0 Å². The Balaban J connectivity index is 1.62. The van der Waals surface area contributed by atoms with Crippen LogP contribution >= 0.6 is 11.8 Å². The molecule has 132 valence electrons. The number of nitrogens with zero attached hydrogens (tertiary/aromatic N) is 2. The summed E-state index contributed by atoms with van der Waals surface area (Å²) in [4.78, 5) is 28.1. The van der Waals surface area contributed by atoms with Crippen LogP contribution < -0.4 is 10.6 Å². The highest BCUT2D eigenvalue weighted by molar-refractivity contribution is 7.98. The van der Waals surface area contributed by atoms with E-state index < -0.39 is 0 Å². The first-order valence-corrected chi connectivity index (χ1v) is 8.85. The van der Waals surface area contributed by atoms with E-state index in [1.165, 1.54) is 18.1 Å². The molecule has 0 aliphatic rings. The van der Waals surface area contributed by atoms with Gasteiger partial charge < -0.3 is 10.6 Å². The molecule has 8 heteroatoms. The van der Waals surface area contributed by atoms with Gasteiger partial charge in [0.25, 0.3) is 11.8 Å². The molecule has 0 saturated carbocycles. The van der Waals surface area contributed by atoms with E-state index >= 15 is 0 Å². The van der Waals surface area contributed by atoms with Crippen LogP contribution in [0.5, 0.6) is 0 Å². The zero-order chi connectivity index (χ0) is 18.4. The van der Waals surface area contributed by atoms with E-state index in [1.807, 2.05) is 12.1 Å². The van der Waals surface area contributed by atoms with Crippen LogP contribution in [0.1, 0.15) is 26.3 Å². The second-order valence-corrected chi connectivity index (χ2v) is 6.35. The van der Waals surface area contributed by atoms with Gasteiger partial charge >= 0.3 is 0 Å². The van der Waals surface area contributed by atoms with Gasteiger partial charge in [-0.25, -0.2) is 4.98 Å². The zero-order valence-electron chi connectivity index (χ0n) is 14.0. The molecule has 0 aliphatic heterocycles. The number of benzene rings is 2. The molecule has 0 bridgehead atoms. The molecule has 7 nitrogen and oxygen atoms in total. The topological polar surface area (TPSA) is 99.8 Å². The molecule has 1 heterocycles. The fourth-order valence-corrected chi connectivity index (χ4v) is 2.99. The Labute approximate surface area is 154 Å². The summed E-state index contributed by atoms with van der Waals surface area (Å²) in [7, 11) is 1.57. The van der Waals surface area contributed by atoms with Gasteiger partial charge in [0.2, 0.25) is 0 Å². The minimum Gasteiger partial charge on any atom is -0.355 e. The van der Waals surface area contributed by atoms with Crippen molar-refractivity contribution in [2.75, 3.05) is 12.4 Å². The summed E-state index contributed by atoms with van der Waals surface area (Å²) in [5, 5.41) is 12.7. The van der Waals surface area contributed by atoms with Crippen LogP contribution in [0, 0.1) is 0 Å². The van der Waals surface area contributed by atoms with Gasteiger partial charge in [0.15, 0.2) is 5.16 Å². The average Bonchev–Trinajstić information content (AvgIpc) is 3.20. The second-order valence-electron chi connectivity index (χ2n) is 5.39. The number of thioether (sulfide) groups is 1. The Morgan fingerprint density at radius 2 is 1.88 bits per heavy atom. The van der Waals surface area contributed by atoms with Crippen LogP contribution in [0.2, 0.25) is 0 Å². The van der Waals surface area contributed by atoms with Crippen LogP contribution in [0.25, 0.3) is 0 Å². The number of nitrogens with one attached hydrogen (secondary N) is 3. The first-order valence-electron chi connectivity index (χ1n) is 7.86. The van der Waals surface area contributed by atoms with E-state index in [4.69, 9.17) is 0 Å². The first kappa shape index (κ1) is 17.7. The number of anilines is 1. The molecule has 3 N–H and O–H groups in total. The third-order valence-electron chi connectivity index (χ3n) is 3.59. The highest BCUT2D eigenvalue weighted by Crippen LogP contribution is 2.19. The summed E-state index contributed by atoms with van der Waals surface area (Å²) >= 11 is 1.54. The molecule has 0 spiro atoms. The predicted octanol–water partition coefficient (Wildman–Crippen LogP) is 2.71. The number of rotatable bonds is 6. The van der Waals surface area contributed by atoms with Crippen molar-refractivity contribution in [1.82, 2.24) is 20.5 Å². The molecular formula is C18H17N5O2S. The Hall–Kier alpha value is -3.13. The molecule has 0 unspecified atom stereocenters. The van der Waals surface area contributed by atoms with Crippen LogP contribution in [0.4, 0.5) is 5.69 Å². The summed E-state index contributed by atoms with van der Waals surface area (Å²) in [6.07, 6.45) is 1.47. The van der Waals surface area contributed by atoms with E-state index in [9.17, 15) is 9.59 Å². The number of hydrogen-bond acceptors (Lipinski definition) is 5. The van der Waals surface area contributed by atoms with Gasteiger partial charge in [0, 0.05) is 29.6 Å². The predicted molar refractivity (Wildman–Crippen MR) is 100 cm³/mol. The largest absolute Gasteiger partial charge is 0.355 e. The smallest absolute Gasteiger partial charge is 0.255 e. The summed E-state index contributed by atoms with van der Waals surface area (Å²) in [5.41, 5.74) is 2.68. The number of carbonyl (C=O) groups excluding carboxylic acids is 2. The van der Waals surface area contributed by atoms with Gasteiger partial charge in [-0.05, 0) is 35.9 Å². The molecule has 0 atom stereocenters. The van der Waals surface area contributed by atoms with Crippen molar-refractivity contribution >= 4 is 29.3 Å². The molecule has 1 aromatic heterocycles. The van der Waals surface area contributed by atoms with Crippen molar-refractivity contribution in [1.29, 1.82) is 0 Å². The highest BCUT2D eigenvalue weighted by atomic mass is 32.2. The minimum atomic E-state index is -0.228. The summed E-state index contributed by atoms with van der Waals surface area (Å²) in [6.45, 7) is 0. The maximum atomic E-state index is 12.4. The van der Waals surface area contributed by atoms with E-state index in [0.29, 0.717) is 16.8 Å². The normalized spacial score (nSPS) is 10.3. The van der Waals surface area contributed by atoms with E-state index in [2.05, 4.69) is 25.8 Å². The number of amides is 2. The van der Waals surface area contributed by atoms with Crippen LogP contribution in [-0.4, -0.2) is 34.0 Å². The monoisotopic (exact) mass is 367 g/mol. The van der Waals surface area contributed by atoms with Crippen molar-refractivity contribution in [3.05, 3.63) is 71.5 Å². The lowest BCUT2D eigenvalue weighted by atomic mass is 10.1. The molecular weight excluding hydrogens is 350 g/mol. The molecule has 0 radical (unpaired) electrons. The van der Waals surface area contributed by atoms with Crippen molar-refractivity contribution in [3.8, 4) is 0 Å². The molecule has 0 saturated heterocycles. The Bertz CT molecular complexity index is 894. The lowest BCUT2D eigenvalue weighted by molar-refractivity contribution is 0.0961. The Morgan fingerprint density at radius 1 is 1.08 bits per heavy atom. The molecule has 26 heavy (non-hydrogen) atoms. The quantitative estimate of drug-likeness (QED) is 0.582. The van der Waals surface area contributed by atoms with Gasteiger partial charge in [0.1, 0.15) is 6.33 Å². The number of aromatic nitrogens is 3. The van der Waals surface area contributed by atoms with Crippen LogP contribution in [0.3, 0.4) is 0 Å². The van der Waals surface area contributed by atoms with Crippen molar-refractivity contribution in [2.45, 2.75) is 10.9 Å². The first-order chi connectivity index (χ1) is 12.7. The Morgan fingerprint density at radius 3 is 2.58 bits per heavy atom. The number of H-pyrrole nitrogens is 1. The third kappa shape index (κ3) is 4.48. The highest BCUT2D eigenvalue weighted by Gasteiger charge is 2.09. The second kappa shape index (κ2) is 8.30. The lowest BCUT2D eigenvalue weighted by Crippen LogP contribution is -2.18. The zero-order valence-corrected chi connectivity index (χ0v) is 14.8. The summed E-state index contributed by atoms with van der Waals surface area (Å²) < 4.78 is 0. The number of carbonyl (C=O) groups is 2. The summed E-state index contributed by atoms with van der Waals surface area (Å²) in [6, 6.07) is 14.1. The lowest BCUT2D eigenvalue weighted by Gasteiger charge is -2.08. The third-order valence-corrected chi connectivity index (χ3v) is 4.54. The maximum Gasteiger partial charge on any atom is 0.255 e. The van der Waals surface area contributed by atoms with E-state index in [0.717, 1.165) is 16.5 Å². The Kier molecular flexibility index (Phi) is 5.65. The fraction of sp³-hybridized carbons (Fsp3) is 0.111. The minimum absolute atomic E-state index is 0.199. The SMILES string of the molecule is CNC(=O)c1cccc(NC(=O)c2ccc(CSc3ncn[nH]3)cc2)c1. The van der Waals surface area contributed by atoms with Crippen molar-refractivity contribution < 1.29 is 9.59 Å². The molecule has 3 rings (SSSR count). The van der Waals surface area contributed by atoms with E-state index in [1.54, 1.807) is 43.4 Å². The molecule has 0 aliphatic carbocycles. The number of aromatic amines is 1. The van der Waals surface area contributed by atoms with Crippen molar-refractivity contribution in [3.63, 3.8) is 0 Å². The molecule has 0 fully saturated rings. The van der Waals surface area contributed by atoms with Gasteiger partial charge in [-0.3, -0.25) is 14.7 Å². The number of hydrogen-bond donors (Lipinski definition) is 3. The molecule has 3 aromatic rings. The van der Waals surface area contributed by atoms with Crippen LogP contribution in [0.15, 0.2) is 60.0 Å².